The van der Waals surface area contributed by atoms with Crippen LogP contribution in [-0.2, 0) is 6.42 Å². The summed E-state index contributed by atoms with van der Waals surface area (Å²) < 4.78 is 4.71. The zero-order valence-corrected chi connectivity index (χ0v) is 10.5. The molecule has 100 valence electrons. The SMILES string of the molecule is N#COc1ccc(Cc2ccc(NC(=O)O)cc2)cc1. The Morgan fingerprint density at radius 2 is 1.65 bits per heavy atom. The maximum atomic E-state index is 10.5. The number of hydrogen-bond donors (Lipinski definition) is 2. The van der Waals surface area contributed by atoms with E-state index in [2.05, 4.69) is 5.32 Å². The van der Waals surface area contributed by atoms with E-state index in [-0.39, 0.29) is 0 Å². The highest BCUT2D eigenvalue weighted by molar-refractivity contribution is 5.82. The minimum absolute atomic E-state index is 0.511. The second-order valence-corrected chi connectivity index (χ2v) is 4.14. The van der Waals surface area contributed by atoms with Crippen LogP contribution >= 0.6 is 0 Å². The van der Waals surface area contributed by atoms with Crippen molar-refractivity contribution < 1.29 is 14.6 Å². The molecule has 0 fully saturated rings. The first kappa shape index (κ1) is 13.4. The van der Waals surface area contributed by atoms with E-state index in [1.807, 2.05) is 24.3 Å². The van der Waals surface area contributed by atoms with E-state index in [1.54, 1.807) is 30.5 Å². The standard InChI is InChI=1S/C15H12N2O3/c16-10-20-14-7-3-12(4-8-14)9-11-1-5-13(6-2-11)17-15(18)19/h1-8,17H,9H2,(H,18,19). The van der Waals surface area contributed by atoms with Crippen molar-refractivity contribution in [2.45, 2.75) is 6.42 Å². The van der Waals surface area contributed by atoms with Crippen molar-refractivity contribution in [3.8, 4) is 12.0 Å². The average Bonchev–Trinajstić information content (AvgIpc) is 2.43. The molecule has 1 amide bonds. The summed E-state index contributed by atoms with van der Waals surface area (Å²) in [6, 6.07) is 14.4. The Labute approximate surface area is 116 Å². The first-order valence-corrected chi connectivity index (χ1v) is 5.91. The van der Waals surface area contributed by atoms with Gasteiger partial charge in [0.15, 0.2) is 0 Å². The summed E-state index contributed by atoms with van der Waals surface area (Å²) in [5.74, 6) is 0.511. The van der Waals surface area contributed by atoms with Crippen molar-refractivity contribution in [3.05, 3.63) is 59.7 Å². The lowest BCUT2D eigenvalue weighted by molar-refractivity contribution is 0.210. The van der Waals surface area contributed by atoms with Crippen LogP contribution in [0.2, 0.25) is 0 Å². The van der Waals surface area contributed by atoms with Gasteiger partial charge in [-0.2, -0.15) is 0 Å². The molecule has 0 unspecified atom stereocenters. The highest BCUT2D eigenvalue weighted by atomic mass is 16.5. The maximum Gasteiger partial charge on any atom is 0.409 e. The van der Waals surface area contributed by atoms with Gasteiger partial charge in [-0.3, -0.25) is 5.32 Å². The summed E-state index contributed by atoms with van der Waals surface area (Å²) in [6.45, 7) is 0. The number of hydrogen-bond acceptors (Lipinski definition) is 3. The topological polar surface area (TPSA) is 82.3 Å². The summed E-state index contributed by atoms with van der Waals surface area (Å²) in [4.78, 5) is 10.5. The Hall–Kier alpha value is -3.00. The van der Waals surface area contributed by atoms with Gasteiger partial charge in [-0.25, -0.2) is 4.79 Å². The number of benzene rings is 2. The number of nitrogens with zero attached hydrogens (tertiary/aromatic N) is 1. The molecule has 0 radical (unpaired) electrons. The summed E-state index contributed by atoms with van der Waals surface area (Å²) in [7, 11) is 0. The van der Waals surface area contributed by atoms with E-state index in [0.717, 1.165) is 17.5 Å². The largest absolute Gasteiger partial charge is 0.465 e. The molecule has 0 saturated heterocycles. The van der Waals surface area contributed by atoms with Crippen LogP contribution in [0.15, 0.2) is 48.5 Å². The number of carboxylic acid groups (broad SMARTS) is 1. The monoisotopic (exact) mass is 268 g/mol. The van der Waals surface area contributed by atoms with Crippen LogP contribution in [-0.4, -0.2) is 11.2 Å². The zero-order chi connectivity index (χ0) is 14.4. The van der Waals surface area contributed by atoms with E-state index in [9.17, 15) is 4.79 Å². The Morgan fingerprint density at radius 3 is 2.15 bits per heavy atom. The van der Waals surface area contributed by atoms with E-state index < -0.39 is 6.09 Å². The molecule has 0 aliphatic heterocycles. The fraction of sp³-hybridized carbons (Fsp3) is 0.0667. The van der Waals surface area contributed by atoms with Gasteiger partial charge in [0.25, 0.3) is 6.26 Å². The Morgan fingerprint density at radius 1 is 1.10 bits per heavy atom. The summed E-state index contributed by atoms with van der Waals surface area (Å²) >= 11 is 0. The molecule has 2 aromatic carbocycles. The number of amides is 1. The van der Waals surface area contributed by atoms with Crippen molar-refractivity contribution in [2.24, 2.45) is 0 Å². The molecular weight excluding hydrogens is 256 g/mol. The first-order chi connectivity index (χ1) is 9.67. The maximum absolute atomic E-state index is 10.5. The van der Waals surface area contributed by atoms with Gasteiger partial charge in [-0.05, 0) is 41.8 Å². The fourth-order valence-electron chi connectivity index (χ4n) is 1.79. The van der Waals surface area contributed by atoms with Crippen molar-refractivity contribution in [1.82, 2.24) is 0 Å². The number of nitriles is 1. The fourth-order valence-corrected chi connectivity index (χ4v) is 1.79. The molecular formula is C15H12N2O3. The minimum atomic E-state index is -1.08. The number of carbonyl (C=O) groups is 1. The molecule has 5 heteroatoms. The van der Waals surface area contributed by atoms with Gasteiger partial charge < -0.3 is 9.84 Å². The Bertz CT molecular complexity index is 628. The lowest BCUT2D eigenvalue weighted by atomic mass is 10.0. The molecule has 0 aliphatic rings. The van der Waals surface area contributed by atoms with Gasteiger partial charge in [-0.1, -0.05) is 24.3 Å². The molecule has 0 aromatic heterocycles. The zero-order valence-electron chi connectivity index (χ0n) is 10.5. The number of rotatable bonds is 4. The third kappa shape index (κ3) is 3.75. The van der Waals surface area contributed by atoms with E-state index in [1.165, 1.54) is 0 Å². The highest BCUT2D eigenvalue weighted by Crippen LogP contribution is 2.16. The molecule has 0 aliphatic carbocycles. The minimum Gasteiger partial charge on any atom is -0.465 e. The van der Waals surface area contributed by atoms with Gasteiger partial charge in [-0.15, -0.1) is 5.26 Å². The Kier molecular flexibility index (Phi) is 4.20. The predicted octanol–water partition coefficient (Wildman–Crippen LogP) is 3.23. The van der Waals surface area contributed by atoms with Crippen LogP contribution < -0.4 is 10.1 Å². The summed E-state index contributed by atoms with van der Waals surface area (Å²) in [5.41, 5.74) is 2.68. The number of anilines is 1. The van der Waals surface area contributed by atoms with Crippen molar-refractivity contribution in [2.75, 3.05) is 5.32 Å². The summed E-state index contributed by atoms with van der Waals surface area (Å²) in [5, 5.41) is 19.3. The Balaban J connectivity index is 2.02. The quantitative estimate of drug-likeness (QED) is 0.834. The molecule has 2 rings (SSSR count). The van der Waals surface area contributed by atoms with Crippen molar-refractivity contribution >= 4 is 11.8 Å². The van der Waals surface area contributed by atoms with Gasteiger partial charge in [0.05, 0.1) is 0 Å². The van der Waals surface area contributed by atoms with Crippen LogP contribution in [0, 0.1) is 11.5 Å². The van der Waals surface area contributed by atoms with Gasteiger partial charge in [0, 0.05) is 5.69 Å². The summed E-state index contributed by atoms with van der Waals surface area (Å²) in [6.07, 6.45) is 1.26. The van der Waals surface area contributed by atoms with E-state index in [4.69, 9.17) is 15.1 Å². The number of ether oxygens (including phenoxy) is 1. The normalized spacial score (nSPS) is 9.55. The molecule has 0 bridgehead atoms. The number of nitrogens with one attached hydrogen (secondary N) is 1. The lowest BCUT2D eigenvalue weighted by Crippen LogP contribution is -2.06. The van der Waals surface area contributed by atoms with Gasteiger partial charge >= 0.3 is 6.09 Å². The van der Waals surface area contributed by atoms with Crippen molar-refractivity contribution in [1.29, 1.82) is 5.26 Å². The molecule has 0 heterocycles. The third-order valence-corrected chi connectivity index (χ3v) is 2.70. The molecule has 0 spiro atoms. The van der Waals surface area contributed by atoms with Crippen LogP contribution in [0.5, 0.6) is 5.75 Å². The molecule has 2 aromatic rings. The molecule has 20 heavy (non-hydrogen) atoms. The second kappa shape index (κ2) is 6.25. The van der Waals surface area contributed by atoms with Crippen LogP contribution in [0.4, 0.5) is 10.5 Å². The molecule has 0 atom stereocenters. The van der Waals surface area contributed by atoms with Gasteiger partial charge in [0.1, 0.15) is 5.75 Å². The highest BCUT2D eigenvalue weighted by Gasteiger charge is 2.00. The first-order valence-electron chi connectivity index (χ1n) is 5.91. The van der Waals surface area contributed by atoms with Gasteiger partial charge in [0.2, 0.25) is 0 Å². The van der Waals surface area contributed by atoms with E-state index >= 15 is 0 Å². The second-order valence-electron chi connectivity index (χ2n) is 4.14. The lowest BCUT2D eigenvalue weighted by Gasteiger charge is -2.05. The van der Waals surface area contributed by atoms with Crippen LogP contribution in [0.1, 0.15) is 11.1 Å². The van der Waals surface area contributed by atoms with Crippen LogP contribution in [0.3, 0.4) is 0 Å². The average molecular weight is 268 g/mol. The van der Waals surface area contributed by atoms with Crippen LogP contribution in [0.25, 0.3) is 0 Å². The van der Waals surface area contributed by atoms with Crippen molar-refractivity contribution in [3.63, 3.8) is 0 Å². The molecule has 2 N–H and O–H groups in total. The molecule has 5 nitrogen and oxygen atoms in total. The smallest absolute Gasteiger partial charge is 0.409 e. The predicted molar refractivity (Wildman–Crippen MR) is 73.6 cm³/mol. The third-order valence-electron chi connectivity index (χ3n) is 2.70. The molecule has 0 saturated carbocycles. The van der Waals surface area contributed by atoms with E-state index in [0.29, 0.717) is 11.4 Å².